The van der Waals surface area contributed by atoms with Crippen LogP contribution in [-0.2, 0) is 9.47 Å². The van der Waals surface area contributed by atoms with Crippen LogP contribution in [0.5, 0.6) is 0 Å². The van der Waals surface area contributed by atoms with E-state index >= 15 is 0 Å². The molecule has 0 radical (unpaired) electrons. The molecule has 124 valence electrons. The molecule has 4 heteroatoms. The smallest absolute Gasteiger partial charge is 0.114 e. The zero-order valence-corrected chi connectivity index (χ0v) is 14.7. The lowest BCUT2D eigenvalue weighted by molar-refractivity contribution is -0.00843. The van der Waals surface area contributed by atoms with Crippen LogP contribution in [0.1, 0.15) is 47.0 Å². The molecule has 0 saturated heterocycles. The van der Waals surface area contributed by atoms with Crippen LogP contribution in [0.25, 0.3) is 0 Å². The zero-order valence-electron chi connectivity index (χ0n) is 14.7. The quantitative estimate of drug-likeness (QED) is 0.341. The van der Waals surface area contributed by atoms with Gasteiger partial charge in [0.05, 0.1) is 18.5 Å². The number of likely N-dealkylation sites (N-methyl/N-ethyl adjacent to an activating group) is 1. The van der Waals surface area contributed by atoms with E-state index in [2.05, 4.69) is 31.1 Å². The molecule has 0 aromatic heterocycles. The summed E-state index contributed by atoms with van der Waals surface area (Å²) in [4.78, 5) is 4.07. The molecule has 0 heterocycles. The Morgan fingerprint density at radius 3 is 2.57 bits per heavy atom. The first-order chi connectivity index (χ1) is 10.1. The van der Waals surface area contributed by atoms with Gasteiger partial charge in [-0.05, 0) is 32.7 Å². The second-order valence-corrected chi connectivity index (χ2v) is 5.48. The van der Waals surface area contributed by atoms with E-state index in [1.807, 2.05) is 20.2 Å². The second-order valence-electron chi connectivity index (χ2n) is 5.48. The number of ether oxygens (including phenoxy) is 2. The largest absolute Gasteiger partial charge is 0.495 e. The van der Waals surface area contributed by atoms with Crippen LogP contribution in [0.3, 0.4) is 0 Å². The van der Waals surface area contributed by atoms with Gasteiger partial charge in [0.25, 0.3) is 0 Å². The number of nitrogens with one attached hydrogen (secondary N) is 1. The van der Waals surface area contributed by atoms with Crippen molar-refractivity contribution in [3.8, 4) is 0 Å². The maximum atomic E-state index is 5.94. The molecule has 1 unspecified atom stereocenters. The highest BCUT2D eigenvalue weighted by molar-refractivity contribution is 5.78. The highest BCUT2D eigenvalue weighted by atomic mass is 16.5. The van der Waals surface area contributed by atoms with Crippen LogP contribution >= 0.6 is 0 Å². The molecule has 0 saturated carbocycles. The second kappa shape index (κ2) is 12.8. The van der Waals surface area contributed by atoms with E-state index in [4.69, 9.17) is 9.47 Å². The van der Waals surface area contributed by atoms with Crippen LogP contribution in [0, 0.1) is 5.92 Å². The van der Waals surface area contributed by atoms with E-state index in [1.54, 1.807) is 7.05 Å². The fourth-order valence-corrected chi connectivity index (χ4v) is 2.02. The molecule has 0 rings (SSSR count). The Morgan fingerprint density at radius 1 is 1.33 bits per heavy atom. The molecule has 0 aliphatic carbocycles. The summed E-state index contributed by atoms with van der Waals surface area (Å²) in [5.41, 5.74) is 1.15. The highest BCUT2D eigenvalue weighted by Gasteiger charge is 2.14. The summed E-state index contributed by atoms with van der Waals surface area (Å²) in [5.74, 6) is 1.61. The Kier molecular flexibility index (Phi) is 12.3. The van der Waals surface area contributed by atoms with Crippen molar-refractivity contribution in [1.29, 1.82) is 0 Å². The molecule has 4 nitrogen and oxygen atoms in total. The van der Waals surface area contributed by atoms with Crippen LogP contribution < -0.4 is 5.32 Å². The van der Waals surface area contributed by atoms with Gasteiger partial charge in [-0.25, -0.2) is 0 Å². The summed E-state index contributed by atoms with van der Waals surface area (Å²) in [6.07, 6.45) is 5.17. The third-order valence-electron chi connectivity index (χ3n) is 3.67. The van der Waals surface area contributed by atoms with E-state index in [0.29, 0.717) is 12.5 Å². The lowest BCUT2D eigenvalue weighted by atomic mass is 10.0. The van der Waals surface area contributed by atoms with Gasteiger partial charge in [0.15, 0.2) is 0 Å². The van der Waals surface area contributed by atoms with Gasteiger partial charge in [-0.2, -0.15) is 0 Å². The minimum Gasteiger partial charge on any atom is -0.495 e. The summed E-state index contributed by atoms with van der Waals surface area (Å²) < 4.78 is 11.9. The summed E-state index contributed by atoms with van der Waals surface area (Å²) in [6.45, 7) is 10.8. The topological polar surface area (TPSA) is 42.9 Å². The van der Waals surface area contributed by atoms with Gasteiger partial charge < -0.3 is 14.8 Å². The molecule has 1 N–H and O–H groups in total. The Morgan fingerprint density at radius 2 is 2.05 bits per heavy atom. The van der Waals surface area contributed by atoms with Gasteiger partial charge in [0.1, 0.15) is 6.61 Å². The van der Waals surface area contributed by atoms with Crippen molar-refractivity contribution in [2.24, 2.45) is 10.9 Å². The van der Waals surface area contributed by atoms with E-state index in [1.165, 1.54) is 6.42 Å². The molecule has 0 aliphatic heterocycles. The van der Waals surface area contributed by atoms with Gasteiger partial charge in [0, 0.05) is 25.4 Å². The number of nitrogens with zero attached hydrogens (tertiary/aromatic N) is 1. The van der Waals surface area contributed by atoms with Gasteiger partial charge in [0.2, 0.25) is 0 Å². The summed E-state index contributed by atoms with van der Waals surface area (Å²) in [7, 11) is 3.73. The first kappa shape index (κ1) is 20.1. The molecular formula is C17H34N2O2. The molecule has 0 spiro atoms. The van der Waals surface area contributed by atoms with E-state index in [0.717, 1.165) is 37.3 Å². The lowest BCUT2D eigenvalue weighted by Gasteiger charge is -2.22. The lowest BCUT2D eigenvalue weighted by Crippen LogP contribution is -2.26. The molecule has 0 bridgehead atoms. The van der Waals surface area contributed by atoms with Gasteiger partial charge in [-0.1, -0.05) is 27.2 Å². The van der Waals surface area contributed by atoms with E-state index in [9.17, 15) is 0 Å². The van der Waals surface area contributed by atoms with Crippen molar-refractivity contribution in [3.63, 3.8) is 0 Å². The van der Waals surface area contributed by atoms with E-state index in [-0.39, 0.29) is 6.10 Å². The highest BCUT2D eigenvalue weighted by Crippen LogP contribution is 2.15. The number of aliphatic imine (C=N–C) groups is 1. The predicted molar refractivity (Wildman–Crippen MR) is 91.1 cm³/mol. The normalized spacial score (nSPS) is 15.9. The molecule has 0 aliphatic rings. The summed E-state index contributed by atoms with van der Waals surface area (Å²) in [6, 6.07) is 0. The first-order valence-electron chi connectivity index (χ1n) is 8.09. The molecule has 0 amide bonds. The minimum atomic E-state index is 0.153. The van der Waals surface area contributed by atoms with Crippen molar-refractivity contribution in [2.45, 2.75) is 53.1 Å². The Bertz CT molecular complexity index is 314. The maximum absolute atomic E-state index is 5.94. The average Bonchev–Trinajstić information content (AvgIpc) is 2.49. The molecule has 2 atom stereocenters. The molecular weight excluding hydrogens is 264 g/mol. The molecule has 0 fully saturated rings. The monoisotopic (exact) mass is 298 g/mol. The molecule has 0 aromatic carbocycles. The number of hydrogen-bond donors (Lipinski definition) is 1. The number of hydrogen-bond acceptors (Lipinski definition) is 4. The fourth-order valence-electron chi connectivity index (χ4n) is 2.02. The van der Waals surface area contributed by atoms with Crippen LogP contribution in [0.2, 0.25) is 0 Å². The van der Waals surface area contributed by atoms with Crippen molar-refractivity contribution < 1.29 is 9.47 Å². The van der Waals surface area contributed by atoms with Crippen LogP contribution in [0.4, 0.5) is 0 Å². The Hall–Kier alpha value is -0.870. The Labute approximate surface area is 131 Å². The van der Waals surface area contributed by atoms with Gasteiger partial charge in [-0.3, -0.25) is 4.99 Å². The number of allylic oxidation sites excluding steroid dienone is 2. The van der Waals surface area contributed by atoms with Crippen LogP contribution in [0.15, 0.2) is 16.3 Å². The fraction of sp³-hybridized carbons (Fsp3) is 0.824. The van der Waals surface area contributed by atoms with Crippen molar-refractivity contribution in [1.82, 2.24) is 5.32 Å². The van der Waals surface area contributed by atoms with Crippen molar-refractivity contribution >= 4 is 6.21 Å². The summed E-state index contributed by atoms with van der Waals surface area (Å²) in [5, 5.41) is 3.11. The molecule has 21 heavy (non-hydrogen) atoms. The maximum Gasteiger partial charge on any atom is 0.114 e. The predicted octanol–water partition coefficient (Wildman–Crippen LogP) is 3.43. The first-order valence-corrected chi connectivity index (χ1v) is 8.09. The standard InChI is InChI=1S/C17H34N2O2/c1-7-14(3)11-17(20-10-9-18-5)13-21-15(4)16(8-2)12-19-6/h12,14,17-18H,7-11,13H2,1-6H3/b16-15+,19-12?/t14-,17?/m1/s1. The van der Waals surface area contributed by atoms with Crippen LogP contribution in [-0.4, -0.2) is 46.2 Å². The van der Waals surface area contributed by atoms with E-state index < -0.39 is 0 Å². The molecule has 0 aromatic rings. The third kappa shape index (κ3) is 9.64. The summed E-state index contributed by atoms with van der Waals surface area (Å²) >= 11 is 0. The van der Waals surface area contributed by atoms with Crippen molar-refractivity contribution in [3.05, 3.63) is 11.3 Å². The zero-order chi connectivity index (χ0) is 16.1. The SMILES string of the molecule is CC/C(C=NC)=C(/C)OCC(C[C@H](C)CC)OCCNC. The minimum absolute atomic E-state index is 0.153. The van der Waals surface area contributed by atoms with Crippen molar-refractivity contribution in [2.75, 3.05) is 33.9 Å². The van der Waals surface area contributed by atoms with Gasteiger partial charge in [-0.15, -0.1) is 0 Å². The van der Waals surface area contributed by atoms with Gasteiger partial charge >= 0.3 is 0 Å². The Balaban J connectivity index is 4.50. The number of rotatable bonds is 12. The third-order valence-corrected chi connectivity index (χ3v) is 3.67. The average molecular weight is 298 g/mol.